The molecule has 0 saturated carbocycles. The van der Waals surface area contributed by atoms with Crippen LogP contribution in [-0.4, -0.2) is 27.9 Å². The van der Waals surface area contributed by atoms with Crippen LogP contribution in [0.25, 0.3) is 10.2 Å². The first-order valence-corrected chi connectivity index (χ1v) is 8.67. The number of fused-ring (bicyclic) bond motifs is 1. The van der Waals surface area contributed by atoms with Gasteiger partial charge in [-0.3, -0.25) is 14.2 Å². The van der Waals surface area contributed by atoms with E-state index in [4.69, 9.17) is 4.74 Å². The van der Waals surface area contributed by atoms with Gasteiger partial charge in [0, 0.05) is 10.9 Å². The first kappa shape index (κ1) is 17.0. The average Bonchev–Trinajstić information content (AvgIpc) is 3.07. The molecule has 2 heterocycles. The average molecular weight is 356 g/mol. The summed E-state index contributed by atoms with van der Waals surface area (Å²) in [5, 5.41) is 1.75. The van der Waals surface area contributed by atoms with Gasteiger partial charge in [-0.2, -0.15) is 0 Å². The summed E-state index contributed by atoms with van der Waals surface area (Å²) < 4.78 is 6.25. The van der Waals surface area contributed by atoms with Crippen molar-refractivity contribution >= 4 is 33.3 Å². The fourth-order valence-electron chi connectivity index (χ4n) is 2.55. The molecule has 0 radical (unpaired) electrons. The van der Waals surface area contributed by atoms with E-state index in [0.29, 0.717) is 10.4 Å². The second-order valence-electron chi connectivity index (χ2n) is 5.41. The topological polar surface area (TPSA) is 78.3 Å². The Hall–Kier alpha value is -2.80. The van der Waals surface area contributed by atoms with Gasteiger partial charge in [-0.1, -0.05) is 30.3 Å². The zero-order chi connectivity index (χ0) is 18.0. The zero-order valence-electron chi connectivity index (χ0n) is 13.8. The van der Waals surface area contributed by atoms with Crippen molar-refractivity contribution in [2.24, 2.45) is 0 Å². The van der Waals surface area contributed by atoms with E-state index in [1.165, 1.54) is 22.2 Å². The highest BCUT2D eigenvalue weighted by Gasteiger charge is 2.23. The van der Waals surface area contributed by atoms with Crippen LogP contribution in [0.5, 0.6) is 0 Å². The summed E-state index contributed by atoms with van der Waals surface area (Å²) >= 11 is 1.20. The SMILES string of the molecule is CCOC(=O)c1csc2ncn(C(C)C(=O)c3ccccc3)c(=O)c12. The number of thiophene rings is 1. The third-order valence-corrected chi connectivity index (χ3v) is 4.76. The largest absolute Gasteiger partial charge is 0.462 e. The van der Waals surface area contributed by atoms with Crippen molar-refractivity contribution in [2.75, 3.05) is 6.61 Å². The van der Waals surface area contributed by atoms with E-state index in [0.717, 1.165) is 0 Å². The van der Waals surface area contributed by atoms with Crippen LogP contribution < -0.4 is 5.56 Å². The molecule has 0 saturated heterocycles. The lowest BCUT2D eigenvalue weighted by molar-refractivity contribution is 0.0529. The Labute approximate surface area is 147 Å². The first-order valence-electron chi connectivity index (χ1n) is 7.79. The lowest BCUT2D eigenvalue weighted by Crippen LogP contribution is -2.29. The summed E-state index contributed by atoms with van der Waals surface area (Å²) in [6, 6.07) is 8.01. The molecule has 0 N–H and O–H groups in total. The molecular weight excluding hydrogens is 340 g/mol. The molecule has 6 nitrogen and oxygen atoms in total. The predicted molar refractivity (Wildman–Crippen MR) is 95.3 cm³/mol. The van der Waals surface area contributed by atoms with Gasteiger partial charge >= 0.3 is 5.97 Å². The number of hydrogen-bond donors (Lipinski definition) is 0. The number of aromatic nitrogens is 2. The minimum Gasteiger partial charge on any atom is -0.462 e. The Balaban J connectivity index is 2.07. The molecule has 0 aliphatic carbocycles. The predicted octanol–water partition coefficient (Wildman–Crippen LogP) is 3.08. The van der Waals surface area contributed by atoms with Crippen LogP contribution in [0.1, 0.15) is 40.6 Å². The Bertz CT molecular complexity index is 991. The van der Waals surface area contributed by atoms with Gasteiger partial charge in [0.25, 0.3) is 5.56 Å². The molecule has 0 aliphatic heterocycles. The molecule has 1 atom stereocenters. The monoisotopic (exact) mass is 356 g/mol. The molecule has 3 rings (SSSR count). The van der Waals surface area contributed by atoms with Gasteiger partial charge in [-0.15, -0.1) is 11.3 Å². The molecule has 3 aromatic rings. The van der Waals surface area contributed by atoms with Gasteiger partial charge in [-0.05, 0) is 13.8 Å². The number of nitrogens with zero attached hydrogens (tertiary/aromatic N) is 2. The van der Waals surface area contributed by atoms with E-state index in [2.05, 4.69) is 4.98 Å². The van der Waals surface area contributed by atoms with Crippen molar-refractivity contribution in [2.45, 2.75) is 19.9 Å². The molecule has 0 bridgehead atoms. The van der Waals surface area contributed by atoms with E-state index in [-0.39, 0.29) is 23.3 Å². The molecule has 25 heavy (non-hydrogen) atoms. The Morgan fingerprint density at radius 1 is 1.28 bits per heavy atom. The van der Waals surface area contributed by atoms with Crippen molar-refractivity contribution in [3.63, 3.8) is 0 Å². The number of carbonyl (C=O) groups excluding carboxylic acids is 2. The summed E-state index contributed by atoms with van der Waals surface area (Å²) in [5.74, 6) is -0.760. The number of rotatable bonds is 5. The lowest BCUT2D eigenvalue weighted by Gasteiger charge is -2.14. The summed E-state index contributed by atoms with van der Waals surface area (Å²) in [6.07, 6.45) is 1.35. The molecule has 1 aromatic carbocycles. The molecule has 0 spiro atoms. The van der Waals surface area contributed by atoms with E-state index in [1.807, 2.05) is 6.07 Å². The molecule has 0 amide bonds. The molecule has 128 valence electrons. The highest BCUT2D eigenvalue weighted by Crippen LogP contribution is 2.23. The molecule has 1 unspecified atom stereocenters. The summed E-state index contributed by atoms with van der Waals surface area (Å²) in [4.78, 5) is 42.2. The van der Waals surface area contributed by atoms with Crippen LogP contribution in [0, 0.1) is 0 Å². The van der Waals surface area contributed by atoms with Gasteiger partial charge < -0.3 is 4.74 Å². The van der Waals surface area contributed by atoms with Crippen molar-refractivity contribution in [3.8, 4) is 0 Å². The third kappa shape index (κ3) is 3.10. The zero-order valence-corrected chi connectivity index (χ0v) is 14.6. The second kappa shape index (κ2) is 6.98. The van der Waals surface area contributed by atoms with Gasteiger partial charge in [0.1, 0.15) is 4.83 Å². The maximum Gasteiger partial charge on any atom is 0.339 e. The van der Waals surface area contributed by atoms with Crippen molar-refractivity contribution in [1.29, 1.82) is 0 Å². The van der Waals surface area contributed by atoms with E-state index in [9.17, 15) is 14.4 Å². The maximum atomic E-state index is 12.9. The fourth-order valence-corrected chi connectivity index (χ4v) is 3.42. The van der Waals surface area contributed by atoms with E-state index >= 15 is 0 Å². The number of esters is 1. The molecule has 7 heteroatoms. The van der Waals surface area contributed by atoms with Crippen LogP contribution in [-0.2, 0) is 4.74 Å². The smallest absolute Gasteiger partial charge is 0.339 e. The van der Waals surface area contributed by atoms with Crippen LogP contribution in [0.2, 0.25) is 0 Å². The van der Waals surface area contributed by atoms with Gasteiger partial charge in [-0.25, -0.2) is 9.78 Å². The Morgan fingerprint density at radius 3 is 2.68 bits per heavy atom. The minimum atomic E-state index is -0.734. The van der Waals surface area contributed by atoms with E-state index in [1.54, 1.807) is 43.5 Å². The van der Waals surface area contributed by atoms with Crippen LogP contribution in [0.4, 0.5) is 0 Å². The van der Waals surface area contributed by atoms with Crippen LogP contribution in [0.15, 0.2) is 46.8 Å². The maximum absolute atomic E-state index is 12.9. The van der Waals surface area contributed by atoms with E-state index < -0.39 is 17.6 Å². The number of ketones is 1. The lowest BCUT2D eigenvalue weighted by atomic mass is 10.1. The van der Waals surface area contributed by atoms with Gasteiger partial charge in [0.05, 0.1) is 29.9 Å². The Morgan fingerprint density at radius 2 is 2.00 bits per heavy atom. The van der Waals surface area contributed by atoms with Crippen LogP contribution in [0.3, 0.4) is 0 Å². The van der Waals surface area contributed by atoms with Crippen LogP contribution >= 0.6 is 11.3 Å². The third-order valence-electron chi connectivity index (χ3n) is 3.87. The van der Waals surface area contributed by atoms with Crippen molar-refractivity contribution in [3.05, 3.63) is 63.5 Å². The van der Waals surface area contributed by atoms with Crippen molar-refractivity contribution in [1.82, 2.24) is 9.55 Å². The molecular formula is C18H16N2O4S. The van der Waals surface area contributed by atoms with Crippen molar-refractivity contribution < 1.29 is 14.3 Å². The minimum absolute atomic E-state index is 0.188. The fraction of sp³-hybridized carbons (Fsp3) is 0.222. The normalized spacial score (nSPS) is 12.1. The number of ether oxygens (including phenoxy) is 1. The summed E-state index contributed by atoms with van der Waals surface area (Å²) in [6.45, 7) is 3.55. The standard InChI is InChI=1S/C18H16N2O4S/c1-3-24-18(23)13-9-25-16-14(13)17(22)20(10-19-16)11(2)15(21)12-7-5-4-6-8-12/h4-11H,3H2,1-2H3. The number of benzene rings is 1. The molecule has 0 fully saturated rings. The summed E-state index contributed by atoms with van der Waals surface area (Å²) in [7, 11) is 0. The van der Waals surface area contributed by atoms with Gasteiger partial charge in [0.15, 0.2) is 5.78 Å². The quantitative estimate of drug-likeness (QED) is 0.518. The first-order chi connectivity index (χ1) is 12.0. The number of carbonyl (C=O) groups is 2. The Kier molecular flexibility index (Phi) is 4.76. The molecule has 2 aromatic heterocycles. The highest BCUT2D eigenvalue weighted by atomic mass is 32.1. The van der Waals surface area contributed by atoms with Gasteiger partial charge in [0.2, 0.25) is 0 Å². The number of Topliss-reactive ketones (excluding diaryl/α,β-unsaturated/α-hetero) is 1. The molecule has 0 aliphatic rings. The summed E-state index contributed by atoms with van der Waals surface area (Å²) in [5.41, 5.74) is 0.275. The second-order valence-corrected chi connectivity index (χ2v) is 6.27. The highest BCUT2D eigenvalue weighted by molar-refractivity contribution is 7.17. The number of hydrogen-bond acceptors (Lipinski definition) is 6.